The van der Waals surface area contributed by atoms with Gasteiger partial charge in [-0.05, 0) is 36.2 Å². The first-order chi connectivity index (χ1) is 14.2. The van der Waals surface area contributed by atoms with Crippen molar-refractivity contribution in [2.75, 3.05) is 0 Å². The standard InChI is InChI=1S/C20H17NO6S3/c22-19(23)20(13-16(20)14-7-3-1-4-8-14)21-30(26,27)18-12-11-17(28-18)29(24,25)15-9-5-2-6-10-15/h1-12,16,21H,13H2,(H,22,23). The molecule has 0 bridgehead atoms. The number of carbonyl (C=O) groups is 1. The van der Waals surface area contributed by atoms with Crippen LogP contribution in [-0.2, 0) is 24.7 Å². The van der Waals surface area contributed by atoms with Crippen molar-refractivity contribution < 1.29 is 26.7 Å². The van der Waals surface area contributed by atoms with Crippen LogP contribution < -0.4 is 4.72 Å². The van der Waals surface area contributed by atoms with Gasteiger partial charge in [0.2, 0.25) is 9.84 Å². The minimum Gasteiger partial charge on any atom is -0.480 e. The molecule has 4 rings (SSSR count). The van der Waals surface area contributed by atoms with Crippen molar-refractivity contribution in [1.29, 1.82) is 0 Å². The molecule has 0 amide bonds. The molecule has 1 saturated carbocycles. The van der Waals surface area contributed by atoms with Crippen LogP contribution in [0.4, 0.5) is 0 Å². The third kappa shape index (κ3) is 3.56. The Hall–Kier alpha value is -2.53. The van der Waals surface area contributed by atoms with E-state index in [0.717, 1.165) is 5.56 Å². The van der Waals surface area contributed by atoms with E-state index in [1.54, 1.807) is 48.5 Å². The van der Waals surface area contributed by atoms with Crippen LogP contribution in [0.5, 0.6) is 0 Å². The number of rotatable bonds is 7. The normalized spacial score (nSPS) is 21.3. The summed E-state index contributed by atoms with van der Waals surface area (Å²) in [5.74, 6) is -1.77. The lowest BCUT2D eigenvalue weighted by Gasteiger charge is -2.14. The molecule has 3 aromatic rings. The minimum atomic E-state index is -4.24. The molecule has 30 heavy (non-hydrogen) atoms. The minimum absolute atomic E-state index is 0.0529. The second kappa shape index (κ2) is 7.31. The zero-order valence-corrected chi connectivity index (χ0v) is 17.9. The average molecular weight is 464 g/mol. The van der Waals surface area contributed by atoms with Crippen LogP contribution in [0.1, 0.15) is 17.9 Å². The van der Waals surface area contributed by atoms with Crippen LogP contribution in [0.2, 0.25) is 0 Å². The molecule has 2 atom stereocenters. The second-order valence-corrected chi connectivity index (χ2v) is 12.1. The summed E-state index contributed by atoms with van der Waals surface area (Å²) >= 11 is 0.587. The summed E-state index contributed by atoms with van der Waals surface area (Å²) in [6.45, 7) is 0. The fourth-order valence-electron chi connectivity index (χ4n) is 3.34. The van der Waals surface area contributed by atoms with Crippen molar-refractivity contribution in [1.82, 2.24) is 4.72 Å². The lowest BCUT2D eigenvalue weighted by Crippen LogP contribution is -2.44. The van der Waals surface area contributed by atoms with Crippen LogP contribution in [0, 0.1) is 0 Å². The molecule has 1 aromatic heterocycles. The lowest BCUT2D eigenvalue weighted by atomic mass is 10.1. The summed E-state index contributed by atoms with van der Waals surface area (Å²) in [7, 11) is -8.11. The second-order valence-electron chi connectivity index (χ2n) is 6.94. The van der Waals surface area contributed by atoms with E-state index < -0.39 is 37.3 Å². The molecule has 1 aliphatic rings. The smallest absolute Gasteiger partial charge is 0.325 e. The van der Waals surface area contributed by atoms with Gasteiger partial charge in [-0.3, -0.25) is 4.79 Å². The molecule has 156 valence electrons. The Balaban J connectivity index is 1.63. The number of sulfonamides is 1. The van der Waals surface area contributed by atoms with E-state index in [4.69, 9.17) is 0 Å². The SMILES string of the molecule is O=C(O)C1(NS(=O)(=O)c2ccc(S(=O)(=O)c3ccccc3)s2)CC1c1ccccc1. The first-order valence-corrected chi connectivity index (χ1v) is 12.7. The number of hydrogen-bond donors (Lipinski definition) is 2. The quantitative estimate of drug-likeness (QED) is 0.556. The molecular formula is C20H17NO6S3. The van der Waals surface area contributed by atoms with Crippen LogP contribution >= 0.6 is 11.3 Å². The highest BCUT2D eigenvalue weighted by Crippen LogP contribution is 2.52. The monoisotopic (exact) mass is 463 g/mol. The van der Waals surface area contributed by atoms with E-state index in [-0.39, 0.29) is 19.7 Å². The Labute approximate surface area is 178 Å². The molecule has 0 saturated heterocycles. The Morgan fingerprint density at radius 3 is 2.07 bits per heavy atom. The maximum atomic E-state index is 12.9. The number of carboxylic acids is 1. The van der Waals surface area contributed by atoms with Gasteiger partial charge in [-0.2, -0.15) is 4.72 Å². The molecule has 1 heterocycles. The number of carboxylic acid groups (broad SMARTS) is 1. The zero-order chi connectivity index (χ0) is 21.6. The number of benzene rings is 2. The number of aliphatic carboxylic acids is 1. The molecule has 2 aromatic carbocycles. The molecule has 7 nitrogen and oxygen atoms in total. The summed E-state index contributed by atoms with van der Waals surface area (Å²) in [6.07, 6.45) is 0.117. The molecule has 1 aliphatic carbocycles. The van der Waals surface area contributed by atoms with Gasteiger partial charge in [-0.25, -0.2) is 16.8 Å². The van der Waals surface area contributed by atoms with Crippen LogP contribution in [0.3, 0.4) is 0 Å². The van der Waals surface area contributed by atoms with E-state index in [9.17, 15) is 26.7 Å². The highest BCUT2D eigenvalue weighted by Gasteiger charge is 2.63. The van der Waals surface area contributed by atoms with E-state index in [1.165, 1.54) is 24.3 Å². The van der Waals surface area contributed by atoms with Gasteiger partial charge in [0, 0.05) is 5.92 Å². The van der Waals surface area contributed by atoms with Crippen molar-refractivity contribution in [3.05, 3.63) is 78.4 Å². The Bertz CT molecular complexity index is 1300. The van der Waals surface area contributed by atoms with Gasteiger partial charge < -0.3 is 5.11 Å². The topological polar surface area (TPSA) is 118 Å². The highest BCUT2D eigenvalue weighted by atomic mass is 32.3. The summed E-state index contributed by atoms with van der Waals surface area (Å²) in [4.78, 5) is 12.0. The van der Waals surface area contributed by atoms with Gasteiger partial charge in [-0.15, -0.1) is 11.3 Å². The zero-order valence-electron chi connectivity index (χ0n) is 15.4. The third-order valence-electron chi connectivity index (χ3n) is 5.00. The van der Waals surface area contributed by atoms with Gasteiger partial charge in [0.05, 0.1) is 4.90 Å². The molecule has 0 aliphatic heterocycles. The Morgan fingerprint density at radius 2 is 1.47 bits per heavy atom. The van der Waals surface area contributed by atoms with Crippen molar-refractivity contribution in [3.63, 3.8) is 0 Å². The molecule has 0 radical (unpaired) electrons. The summed E-state index contributed by atoms with van der Waals surface area (Å²) < 4.78 is 53.1. The van der Waals surface area contributed by atoms with Crippen molar-refractivity contribution in [2.45, 2.75) is 31.2 Å². The largest absolute Gasteiger partial charge is 0.480 e. The maximum Gasteiger partial charge on any atom is 0.325 e. The lowest BCUT2D eigenvalue weighted by molar-refractivity contribution is -0.140. The predicted molar refractivity (Wildman–Crippen MR) is 111 cm³/mol. The van der Waals surface area contributed by atoms with Gasteiger partial charge in [0.25, 0.3) is 10.0 Å². The van der Waals surface area contributed by atoms with Crippen molar-refractivity contribution >= 4 is 37.2 Å². The van der Waals surface area contributed by atoms with Crippen molar-refractivity contribution in [2.24, 2.45) is 0 Å². The van der Waals surface area contributed by atoms with Crippen LogP contribution in [0.25, 0.3) is 0 Å². The third-order valence-corrected chi connectivity index (χ3v) is 10.3. The van der Waals surface area contributed by atoms with Crippen LogP contribution in [-0.4, -0.2) is 33.5 Å². The molecule has 1 fully saturated rings. The van der Waals surface area contributed by atoms with Crippen molar-refractivity contribution in [3.8, 4) is 0 Å². The average Bonchev–Trinajstić information content (AvgIpc) is 3.21. The maximum absolute atomic E-state index is 12.9. The van der Waals surface area contributed by atoms with Crippen LogP contribution in [0.15, 0.2) is 86.1 Å². The highest BCUT2D eigenvalue weighted by molar-refractivity contribution is 7.95. The van der Waals surface area contributed by atoms with E-state index >= 15 is 0 Å². The molecular weight excluding hydrogens is 446 g/mol. The van der Waals surface area contributed by atoms with Gasteiger partial charge >= 0.3 is 5.97 Å². The Kier molecular flexibility index (Phi) is 5.05. The fraction of sp³-hybridized carbons (Fsp3) is 0.150. The summed E-state index contributed by atoms with van der Waals surface area (Å²) in [5.41, 5.74) is -0.927. The summed E-state index contributed by atoms with van der Waals surface area (Å²) in [5, 5.41) is 9.71. The number of nitrogens with one attached hydrogen (secondary N) is 1. The summed E-state index contributed by atoms with van der Waals surface area (Å²) in [6, 6.07) is 18.9. The van der Waals surface area contributed by atoms with E-state index in [1.807, 2.05) is 0 Å². The van der Waals surface area contributed by atoms with E-state index in [2.05, 4.69) is 4.72 Å². The first-order valence-electron chi connectivity index (χ1n) is 8.89. The molecule has 0 spiro atoms. The fourth-order valence-corrected chi connectivity index (χ4v) is 7.94. The number of hydrogen-bond acceptors (Lipinski definition) is 6. The molecule has 2 unspecified atom stereocenters. The first kappa shape index (κ1) is 20.7. The molecule has 2 N–H and O–H groups in total. The van der Waals surface area contributed by atoms with Gasteiger partial charge in [0.1, 0.15) is 14.0 Å². The van der Waals surface area contributed by atoms with Gasteiger partial charge in [-0.1, -0.05) is 48.5 Å². The molecule has 10 heteroatoms. The Morgan fingerprint density at radius 1 is 0.900 bits per heavy atom. The predicted octanol–water partition coefficient (Wildman–Crippen LogP) is 2.87. The number of thiophene rings is 1. The van der Waals surface area contributed by atoms with Gasteiger partial charge in [0.15, 0.2) is 0 Å². The number of sulfone groups is 1. The van der Waals surface area contributed by atoms with E-state index in [0.29, 0.717) is 11.3 Å².